The van der Waals surface area contributed by atoms with E-state index in [1.54, 1.807) is 0 Å². The summed E-state index contributed by atoms with van der Waals surface area (Å²) in [6, 6.07) is 8.24. The molecule has 0 bridgehead atoms. The molecule has 0 amide bonds. The Balaban J connectivity index is 1.62. The molecule has 3 heterocycles. The van der Waals surface area contributed by atoms with Crippen LogP contribution >= 0.6 is 0 Å². The normalized spacial score (nSPS) is 26.6. The molecule has 4 rings (SSSR count). The Morgan fingerprint density at radius 1 is 1.44 bits per heavy atom. The van der Waals surface area contributed by atoms with E-state index in [0.29, 0.717) is 25.6 Å². The fourth-order valence-electron chi connectivity index (χ4n) is 4.46. The van der Waals surface area contributed by atoms with E-state index in [1.165, 1.54) is 5.52 Å². The zero-order valence-corrected chi connectivity index (χ0v) is 14.9. The SMILES string of the molecule is CC(C)Cn1c(CN2C[C@@H]3CNC[C@]3(C(=O)O)C2)nc2ccccc21. The second-order valence-electron chi connectivity index (χ2n) is 7.98. The summed E-state index contributed by atoms with van der Waals surface area (Å²) in [5.74, 6) is 1.10. The van der Waals surface area contributed by atoms with Crippen LogP contribution in [0.25, 0.3) is 11.0 Å². The van der Waals surface area contributed by atoms with Gasteiger partial charge in [-0.15, -0.1) is 0 Å². The molecule has 0 saturated carbocycles. The molecule has 0 spiro atoms. The van der Waals surface area contributed by atoms with Crippen LogP contribution < -0.4 is 5.32 Å². The Morgan fingerprint density at radius 2 is 2.24 bits per heavy atom. The van der Waals surface area contributed by atoms with Crippen molar-refractivity contribution in [3.63, 3.8) is 0 Å². The van der Waals surface area contributed by atoms with E-state index in [-0.39, 0.29) is 5.92 Å². The van der Waals surface area contributed by atoms with Crippen LogP contribution in [0.5, 0.6) is 0 Å². The van der Waals surface area contributed by atoms with Gasteiger partial charge in [-0.05, 0) is 18.1 Å². The molecule has 6 nitrogen and oxygen atoms in total. The molecule has 2 aliphatic heterocycles. The molecule has 1 aromatic carbocycles. The molecule has 0 unspecified atom stereocenters. The molecule has 0 radical (unpaired) electrons. The first-order valence-electron chi connectivity index (χ1n) is 9.10. The van der Waals surface area contributed by atoms with Gasteiger partial charge in [0.2, 0.25) is 0 Å². The second kappa shape index (κ2) is 6.11. The van der Waals surface area contributed by atoms with Gasteiger partial charge in [0.15, 0.2) is 0 Å². The second-order valence-corrected chi connectivity index (χ2v) is 7.98. The van der Waals surface area contributed by atoms with E-state index in [2.05, 4.69) is 46.8 Å². The summed E-state index contributed by atoms with van der Waals surface area (Å²) < 4.78 is 2.31. The number of hydrogen-bond donors (Lipinski definition) is 2. The summed E-state index contributed by atoms with van der Waals surface area (Å²) in [4.78, 5) is 19.0. The summed E-state index contributed by atoms with van der Waals surface area (Å²) >= 11 is 0. The minimum atomic E-state index is -0.666. The molecule has 25 heavy (non-hydrogen) atoms. The zero-order valence-electron chi connectivity index (χ0n) is 14.9. The van der Waals surface area contributed by atoms with Crippen LogP contribution in [0.4, 0.5) is 0 Å². The highest BCUT2D eigenvalue weighted by molar-refractivity contribution is 5.77. The summed E-state index contributed by atoms with van der Waals surface area (Å²) in [5, 5.41) is 13.0. The van der Waals surface area contributed by atoms with Gasteiger partial charge in [-0.25, -0.2) is 4.98 Å². The van der Waals surface area contributed by atoms with Crippen LogP contribution in [0, 0.1) is 17.3 Å². The number of benzene rings is 1. The van der Waals surface area contributed by atoms with Crippen molar-refractivity contribution >= 4 is 17.0 Å². The molecule has 2 atom stereocenters. The Bertz CT molecular complexity index is 800. The summed E-state index contributed by atoms with van der Waals surface area (Å²) in [5.41, 5.74) is 1.56. The quantitative estimate of drug-likeness (QED) is 0.867. The molecular weight excluding hydrogens is 316 g/mol. The number of carboxylic acids is 1. The molecule has 2 fully saturated rings. The van der Waals surface area contributed by atoms with Crippen LogP contribution in [-0.4, -0.2) is 51.7 Å². The predicted octanol–water partition coefficient (Wildman–Crippen LogP) is 1.80. The first kappa shape index (κ1) is 16.5. The number of rotatable bonds is 5. The third kappa shape index (κ3) is 2.73. The highest BCUT2D eigenvalue weighted by Gasteiger charge is 2.55. The lowest BCUT2D eigenvalue weighted by molar-refractivity contribution is -0.148. The van der Waals surface area contributed by atoms with Gasteiger partial charge in [0.25, 0.3) is 0 Å². The summed E-state index contributed by atoms with van der Waals surface area (Å²) in [7, 11) is 0. The maximum atomic E-state index is 11.9. The number of aliphatic carboxylic acids is 1. The van der Waals surface area contributed by atoms with E-state index in [1.807, 2.05) is 6.07 Å². The van der Waals surface area contributed by atoms with Crippen molar-refractivity contribution in [2.24, 2.45) is 17.3 Å². The zero-order chi connectivity index (χ0) is 17.6. The van der Waals surface area contributed by atoms with Gasteiger partial charge in [-0.2, -0.15) is 0 Å². The number of para-hydroxylation sites is 2. The van der Waals surface area contributed by atoms with Crippen molar-refractivity contribution in [1.29, 1.82) is 0 Å². The number of hydrogen-bond acceptors (Lipinski definition) is 4. The van der Waals surface area contributed by atoms with Gasteiger partial charge in [0.05, 0.1) is 23.0 Å². The van der Waals surface area contributed by atoms with Crippen LogP contribution in [0.15, 0.2) is 24.3 Å². The number of fused-ring (bicyclic) bond motifs is 2. The lowest BCUT2D eigenvalue weighted by atomic mass is 9.81. The maximum absolute atomic E-state index is 11.9. The topological polar surface area (TPSA) is 70.4 Å². The monoisotopic (exact) mass is 342 g/mol. The first-order chi connectivity index (χ1) is 12.0. The Labute approximate surface area is 147 Å². The summed E-state index contributed by atoms with van der Waals surface area (Å²) in [6.07, 6.45) is 0. The lowest BCUT2D eigenvalue weighted by Crippen LogP contribution is -2.40. The molecule has 0 aliphatic carbocycles. The number of carboxylic acid groups (broad SMARTS) is 1. The van der Waals surface area contributed by atoms with E-state index in [4.69, 9.17) is 4.98 Å². The van der Waals surface area contributed by atoms with Gasteiger partial charge >= 0.3 is 5.97 Å². The molecule has 2 N–H and O–H groups in total. The Morgan fingerprint density at radius 3 is 2.96 bits per heavy atom. The number of likely N-dealkylation sites (tertiary alicyclic amines) is 1. The maximum Gasteiger partial charge on any atom is 0.312 e. The van der Waals surface area contributed by atoms with Crippen LogP contribution in [-0.2, 0) is 17.9 Å². The smallest absolute Gasteiger partial charge is 0.312 e. The third-order valence-electron chi connectivity index (χ3n) is 5.67. The largest absolute Gasteiger partial charge is 0.481 e. The number of carbonyl (C=O) groups is 1. The lowest BCUT2D eigenvalue weighted by Gasteiger charge is -2.23. The number of imidazole rings is 1. The average Bonchev–Trinajstić information content (AvgIpc) is 3.19. The van der Waals surface area contributed by atoms with Gasteiger partial charge in [0.1, 0.15) is 5.82 Å². The van der Waals surface area contributed by atoms with Gasteiger partial charge in [-0.3, -0.25) is 9.69 Å². The number of nitrogens with one attached hydrogen (secondary N) is 1. The van der Waals surface area contributed by atoms with Crippen molar-refractivity contribution in [2.75, 3.05) is 26.2 Å². The first-order valence-corrected chi connectivity index (χ1v) is 9.10. The standard InChI is InChI=1S/C19H26N4O2/c1-13(2)8-23-16-6-4-3-5-15(16)21-17(23)10-22-9-14-7-20-11-19(14,12-22)18(24)25/h3-6,13-14,20H,7-12H2,1-2H3,(H,24,25)/t14-,19-/m0/s1. The van der Waals surface area contributed by atoms with E-state index < -0.39 is 11.4 Å². The van der Waals surface area contributed by atoms with Crippen molar-refractivity contribution in [2.45, 2.75) is 26.9 Å². The number of nitrogens with zero attached hydrogens (tertiary/aromatic N) is 3. The minimum absolute atomic E-state index is 0.188. The van der Waals surface area contributed by atoms with Crippen LogP contribution in [0.1, 0.15) is 19.7 Å². The summed E-state index contributed by atoms with van der Waals surface area (Å²) in [6.45, 7) is 8.87. The van der Waals surface area contributed by atoms with Crippen molar-refractivity contribution in [1.82, 2.24) is 19.8 Å². The van der Waals surface area contributed by atoms with Gasteiger partial charge in [0, 0.05) is 38.6 Å². The van der Waals surface area contributed by atoms with Crippen molar-refractivity contribution in [3.8, 4) is 0 Å². The minimum Gasteiger partial charge on any atom is -0.481 e. The van der Waals surface area contributed by atoms with Gasteiger partial charge < -0.3 is 15.0 Å². The molecule has 1 aromatic heterocycles. The van der Waals surface area contributed by atoms with E-state index >= 15 is 0 Å². The molecule has 2 aromatic rings. The average molecular weight is 342 g/mol. The van der Waals surface area contributed by atoms with Gasteiger partial charge in [-0.1, -0.05) is 26.0 Å². The van der Waals surface area contributed by atoms with E-state index in [0.717, 1.165) is 31.0 Å². The molecule has 2 saturated heterocycles. The van der Waals surface area contributed by atoms with E-state index in [9.17, 15) is 9.90 Å². The number of aromatic nitrogens is 2. The van der Waals surface area contributed by atoms with Crippen LogP contribution in [0.3, 0.4) is 0 Å². The Hall–Kier alpha value is -1.92. The molecular formula is C19H26N4O2. The van der Waals surface area contributed by atoms with Crippen molar-refractivity contribution in [3.05, 3.63) is 30.1 Å². The Kier molecular flexibility index (Phi) is 4.04. The van der Waals surface area contributed by atoms with Crippen molar-refractivity contribution < 1.29 is 9.90 Å². The fraction of sp³-hybridized carbons (Fsp3) is 0.579. The van der Waals surface area contributed by atoms with Crippen LogP contribution in [0.2, 0.25) is 0 Å². The highest BCUT2D eigenvalue weighted by Crippen LogP contribution is 2.39. The highest BCUT2D eigenvalue weighted by atomic mass is 16.4. The molecule has 2 aliphatic rings. The predicted molar refractivity (Wildman–Crippen MR) is 96.3 cm³/mol. The fourth-order valence-corrected chi connectivity index (χ4v) is 4.46. The third-order valence-corrected chi connectivity index (χ3v) is 5.67. The molecule has 134 valence electrons. The molecule has 6 heteroatoms.